The van der Waals surface area contributed by atoms with Crippen LogP contribution in [0.2, 0.25) is 0 Å². The molecule has 0 bridgehead atoms. The van der Waals surface area contributed by atoms with Crippen LogP contribution in [-0.2, 0) is 33.2 Å². The van der Waals surface area contributed by atoms with Gasteiger partial charge in [0.05, 0.1) is 38.1 Å². The summed E-state index contributed by atoms with van der Waals surface area (Å²) < 4.78 is 41.7. The molecule has 4 saturated carbocycles. The lowest BCUT2D eigenvalue weighted by molar-refractivity contribution is -0.361. The Balaban J connectivity index is 0.836. The Hall–Kier alpha value is -0.720. The third kappa shape index (κ3) is 8.60. The van der Waals surface area contributed by atoms with E-state index in [4.69, 9.17) is 33.2 Å². The zero-order chi connectivity index (χ0) is 45.5. The molecule has 11 N–H and O–H groups in total. The van der Waals surface area contributed by atoms with E-state index in [1.54, 1.807) is 0 Å². The van der Waals surface area contributed by atoms with E-state index in [9.17, 15) is 56.2 Å². The van der Waals surface area contributed by atoms with E-state index in [0.717, 1.165) is 51.4 Å². The summed E-state index contributed by atoms with van der Waals surface area (Å²) in [4.78, 5) is 0. The average Bonchev–Trinajstić information content (AvgIpc) is 3.70. The highest BCUT2D eigenvalue weighted by molar-refractivity contribution is 5.15. The van der Waals surface area contributed by atoms with Crippen molar-refractivity contribution in [1.29, 1.82) is 0 Å². The van der Waals surface area contributed by atoms with Gasteiger partial charge in [-0.15, -0.1) is 0 Å². The van der Waals surface area contributed by atoms with Crippen molar-refractivity contribution in [3.8, 4) is 0 Å². The summed E-state index contributed by atoms with van der Waals surface area (Å²) >= 11 is 0. The highest BCUT2D eigenvalue weighted by atomic mass is 16.7. The second-order valence-corrected chi connectivity index (χ2v) is 21.4. The Morgan fingerprint density at radius 1 is 0.651 bits per heavy atom. The van der Waals surface area contributed by atoms with Crippen molar-refractivity contribution >= 4 is 0 Å². The SMILES string of the molecule is C[C@@H](CC[C@@]1(O)O[C@@H]2C[C@@H]3[C@@H]4CC[C@@H]5C[C@@H](O[C@@H]6O[C@H](CO)[C@@H](O[C@@H]7O[C@@H](C)[C@H](O)[C@@H](O)[C@H]7O)[C@H](O)[C@H]6O)CC[C@]5(C)[C@H]4CC[C@]3(C)[C@@H]2[C@@H]1C)CO[C@@H]1O[C@H](CO)[C@@H](O)[C@H](O)[C@H]1O. The molecule has 4 heterocycles. The predicted molar refractivity (Wildman–Crippen MR) is 218 cm³/mol. The summed E-state index contributed by atoms with van der Waals surface area (Å²) in [6, 6.07) is 0. The van der Waals surface area contributed by atoms with E-state index in [1.165, 1.54) is 6.92 Å². The molecule has 0 amide bonds. The van der Waals surface area contributed by atoms with Crippen molar-refractivity contribution in [3.63, 3.8) is 0 Å². The summed E-state index contributed by atoms with van der Waals surface area (Å²) in [6.45, 7) is 9.55. The fourth-order valence-electron chi connectivity index (χ4n) is 14.1. The van der Waals surface area contributed by atoms with E-state index in [-0.39, 0.29) is 47.4 Å². The smallest absolute Gasteiger partial charge is 0.187 e. The highest BCUT2D eigenvalue weighted by Crippen LogP contribution is 2.71. The van der Waals surface area contributed by atoms with Gasteiger partial charge in [-0.1, -0.05) is 27.7 Å². The fourth-order valence-corrected chi connectivity index (χ4v) is 14.1. The maximum Gasteiger partial charge on any atom is 0.187 e. The van der Waals surface area contributed by atoms with Crippen LogP contribution >= 0.6 is 0 Å². The van der Waals surface area contributed by atoms with Gasteiger partial charge in [-0.2, -0.15) is 0 Å². The Labute approximate surface area is 369 Å². The van der Waals surface area contributed by atoms with Gasteiger partial charge in [0.15, 0.2) is 24.7 Å². The van der Waals surface area contributed by atoms with E-state index >= 15 is 0 Å². The summed E-state index contributed by atoms with van der Waals surface area (Å²) in [6.07, 6.45) is -11.9. The molecule has 4 saturated heterocycles. The number of hydrogen-bond donors (Lipinski definition) is 11. The number of fused-ring (bicyclic) bond motifs is 7. The molecule has 63 heavy (non-hydrogen) atoms. The van der Waals surface area contributed by atoms with Crippen LogP contribution in [0.1, 0.15) is 98.8 Å². The van der Waals surface area contributed by atoms with Crippen LogP contribution in [0.5, 0.6) is 0 Å². The molecule has 0 unspecified atom stereocenters. The molecule has 4 aliphatic heterocycles. The number of ether oxygens (including phenoxy) is 7. The van der Waals surface area contributed by atoms with E-state index in [1.807, 2.05) is 6.92 Å². The van der Waals surface area contributed by atoms with Gasteiger partial charge >= 0.3 is 0 Å². The lowest BCUT2D eigenvalue weighted by Crippen LogP contribution is -2.64. The number of rotatable bonds is 12. The van der Waals surface area contributed by atoms with Crippen molar-refractivity contribution < 1.29 is 89.3 Å². The normalized spacial score (nSPS) is 56.3. The quantitative estimate of drug-likeness (QED) is 0.107. The molecular weight excluding hydrogens is 828 g/mol. The highest BCUT2D eigenvalue weighted by Gasteiger charge is 2.68. The first-order valence-electron chi connectivity index (χ1n) is 23.7. The molecule has 8 aliphatic rings. The Kier molecular flexibility index (Phi) is 14.4. The van der Waals surface area contributed by atoms with Crippen LogP contribution in [0.3, 0.4) is 0 Å². The number of aliphatic hydroxyl groups is 11. The van der Waals surface area contributed by atoms with Gasteiger partial charge in [-0.3, -0.25) is 0 Å². The first kappa shape index (κ1) is 48.7. The zero-order valence-electron chi connectivity index (χ0n) is 37.3. The molecule has 8 rings (SSSR count). The third-order valence-electron chi connectivity index (χ3n) is 17.9. The lowest BCUT2D eigenvalue weighted by Gasteiger charge is -2.61. The van der Waals surface area contributed by atoms with Crippen molar-refractivity contribution in [1.82, 2.24) is 0 Å². The summed E-state index contributed by atoms with van der Waals surface area (Å²) in [5, 5.41) is 116. The first-order valence-corrected chi connectivity index (χ1v) is 23.7. The van der Waals surface area contributed by atoms with Gasteiger partial charge < -0.3 is 89.3 Å². The molecule has 8 fully saturated rings. The minimum Gasteiger partial charge on any atom is -0.394 e. The molecule has 4 aliphatic carbocycles. The molecule has 0 radical (unpaired) electrons. The molecular formula is C45H76O18. The second-order valence-electron chi connectivity index (χ2n) is 21.4. The minimum atomic E-state index is -1.64. The molecule has 0 spiro atoms. The summed E-state index contributed by atoms with van der Waals surface area (Å²) in [5.74, 6) is 0.753. The molecule has 18 nitrogen and oxygen atoms in total. The average molecular weight is 905 g/mol. The van der Waals surface area contributed by atoms with Crippen LogP contribution in [0.4, 0.5) is 0 Å². The van der Waals surface area contributed by atoms with E-state index in [2.05, 4.69) is 20.8 Å². The predicted octanol–water partition coefficient (Wildman–Crippen LogP) is -0.752. The Bertz CT molecular complexity index is 1540. The van der Waals surface area contributed by atoms with Gasteiger partial charge in [-0.25, -0.2) is 0 Å². The second kappa shape index (κ2) is 18.6. The summed E-state index contributed by atoms with van der Waals surface area (Å²) in [5.41, 5.74) is 0.120. The molecule has 364 valence electrons. The van der Waals surface area contributed by atoms with Crippen molar-refractivity contribution in [2.45, 2.75) is 209 Å². The van der Waals surface area contributed by atoms with Crippen LogP contribution in [0.25, 0.3) is 0 Å². The molecule has 0 aromatic heterocycles. The maximum absolute atomic E-state index is 12.0. The number of hydrogen-bond acceptors (Lipinski definition) is 18. The first-order chi connectivity index (χ1) is 29.8. The lowest BCUT2D eigenvalue weighted by atomic mass is 9.44. The monoisotopic (exact) mass is 905 g/mol. The Morgan fingerprint density at radius 2 is 1.29 bits per heavy atom. The van der Waals surface area contributed by atoms with Crippen LogP contribution in [0, 0.1) is 52.3 Å². The Morgan fingerprint density at radius 3 is 2.00 bits per heavy atom. The van der Waals surface area contributed by atoms with Gasteiger partial charge in [0.1, 0.15) is 67.1 Å². The minimum absolute atomic E-state index is 0.0255. The van der Waals surface area contributed by atoms with Crippen molar-refractivity contribution in [2.24, 2.45) is 52.3 Å². The molecule has 0 aromatic carbocycles. The topological polar surface area (TPSA) is 287 Å². The molecule has 27 atom stereocenters. The summed E-state index contributed by atoms with van der Waals surface area (Å²) in [7, 11) is 0. The fraction of sp³-hybridized carbons (Fsp3) is 1.00. The van der Waals surface area contributed by atoms with Crippen LogP contribution in [0.15, 0.2) is 0 Å². The van der Waals surface area contributed by atoms with Gasteiger partial charge in [0, 0.05) is 12.3 Å². The van der Waals surface area contributed by atoms with Crippen molar-refractivity contribution in [2.75, 3.05) is 19.8 Å². The van der Waals surface area contributed by atoms with Crippen LogP contribution < -0.4 is 0 Å². The standard InChI is InChI=1S/C45H76O18/c1-19(18-57-40-36(53)34(51)32(49)28(16-46)60-40)8-13-45(56)20(2)30-27(63-45)15-26-24-7-6-22-14-23(9-11-43(22,4)25(24)10-12-44(26,30)5)59-42-38(55)35(52)39(29(17-47)61-42)62-41-37(54)33(50)31(48)21(3)58-41/h19-42,46-56H,6-18H2,1-5H3/t19-,20-,21-,22+,23-,24+,25-,26+,27+,28+,29+,30+,31-,32+,33+,34-,35+,36+,37+,38+,39+,40+,41-,42+,43-,44-,45+/m0/s1. The van der Waals surface area contributed by atoms with Gasteiger partial charge in [-0.05, 0) is 111 Å². The maximum atomic E-state index is 12.0. The number of aliphatic hydroxyl groups excluding tert-OH is 10. The van der Waals surface area contributed by atoms with Crippen LogP contribution in [-0.4, -0.2) is 186 Å². The van der Waals surface area contributed by atoms with Crippen molar-refractivity contribution in [3.05, 3.63) is 0 Å². The van der Waals surface area contributed by atoms with E-state index in [0.29, 0.717) is 36.5 Å². The van der Waals surface area contributed by atoms with Gasteiger partial charge in [0.2, 0.25) is 0 Å². The van der Waals surface area contributed by atoms with Gasteiger partial charge in [0.25, 0.3) is 0 Å². The third-order valence-corrected chi connectivity index (χ3v) is 17.9. The molecule has 0 aromatic rings. The zero-order valence-corrected chi connectivity index (χ0v) is 37.3. The molecule has 18 heteroatoms. The van der Waals surface area contributed by atoms with E-state index < -0.39 is 111 Å². The largest absolute Gasteiger partial charge is 0.394 e.